The van der Waals surface area contributed by atoms with Crippen molar-refractivity contribution in [2.24, 2.45) is 0 Å². The van der Waals surface area contributed by atoms with E-state index in [-0.39, 0.29) is 7.92 Å². The van der Waals surface area contributed by atoms with Gasteiger partial charge in [0.25, 0.3) is 0 Å². The highest BCUT2D eigenvalue weighted by molar-refractivity contribution is 7.55. The molecule has 0 nitrogen and oxygen atoms in total. The summed E-state index contributed by atoms with van der Waals surface area (Å²) in [5.74, 6) is 0. The van der Waals surface area contributed by atoms with Crippen LogP contribution in [0.1, 0.15) is 20.3 Å². The molecule has 0 spiro atoms. The molecule has 0 heterocycles. The molecule has 9 heavy (non-hydrogen) atoms. The molecular formula is C7H16FP. The lowest BCUT2D eigenvalue weighted by Crippen LogP contribution is -2.12. The highest BCUT2D eigenvalue weighted by atomic mass is 31.1. The lowest BCUT2D eigenvalue weighted by Gasteiger charge is -2.14. The van der Waals surface area contributed by atoms with Crippen LogP contribution in [0.25, 0.3) is 0 Å². The predicted molar refractivity (Wildman–Crippen MR) is 43.4 cm³/mol. The van der Waals surface area contributed by atoms with Crippen LogP contribution in [0.4, 0.5) is 4.39 Å². The quantitative estimate of drug-likeness (QED) is 0.542. The molecule has 0 aromatic rings. The molecule has 0 bridgehead atoms. The van der Waals surface area contributed by atoms with Gasteiger partial charge in [-0.2, -0.15) is 0 Å². The molecule has 0 aliphatic rings. The van der Waals surface area contributed by atoms with Crippen molar-refractivity contribution in [2.45, 2.75) is 25.9 Å². The summed E-state index contributed by atoms with van der Waals surface area (Å²) in [4.78, 5) is 0. The average molecular weight is 150 g/mol. The first kappa shape index (κ1) is 9.36. The molecule has 0 fully saturated rings. The minimum atomic E-state index is -0.952. The van der Waals surface area contributed by atoms with Gasteiger partial charge in [0.15, 0.2) is 0 Å². The van der Waals surface area contributed by atoms with Crippen LogP contribution in [0.15, 0.2) is 0 Å². The predicted octanol–water partition coefficient (Wildman–Crippen LogP) is 2.87. The van der Waals surface area contributed by atoms with Gasteiger partial charge in [-0.15, -0.1) is 7.92 Å². The summed E-state index contributed by atoms with van der Waals surface area (Å²) >= 11 is 0. The lowest BCUT2D eigenvalue weighted by molar-refractivity contribution is 0.212. The van der Waals surface area contributed by atoms with E-state index in [0.717, 1.165) is 6.16 Å². The van der Waals surface area contributed by atoms with Gasteiger partial charge >= 0.3 is 0 Å². The van der Waals surface area contributed by atoms with E-state index in [1.165, 1.54) is 0 Å². The highest BCUT2D eigenvalue weighted by Gasteiger charge is 2.14. The molecule has 0 aromatic heterocycles. The van der Waals surface area contributed by atoms with Crippen LogP contribution in [-0.4, -0.2) is 25.2 Å². The topological polar surface area (TPSA) is 0 Å². The van der Waals surface area contributed by atoms with E-state index < -0.39 is 5.67 Å². The van der Waals surface area contributed by atoms with Crippen molar-refractivity contribution in [1.29, 1.82) is 0 Å². The highest BCUT2D eigenvalue weighted by Crippen LogP contribution is 2.29. The third-order valence-corrected chi connectivity index (χ3v) is 2.27. The zero-order valence-electron chi connectivity index (χ0n) is 6.74. The Morgan fingerprint density at radius 2 is 1.78 bits per heavy atom. The summed E-state index contributed by atoms with van der Waals surface area (Å²) in [6.07, 6.45) is 1.77. The molecule has 0 saturated heterocycles. The standard InChI is InChI=1S/C7H16FP/c1-7(2,8)5-6-9(3)4/h5-6H2,1-4H3. The van der Waals surface area contributed by atoms with E-state index in [1.807, 2.05) is 0 Å². The number of alkyl halides is 1. The summed E-state index contributed by atoms with van der Waals surface area (Å²) in [5, 5.41) is 0. The summed E-state index contributed by atoms with van der Waals surface area (Å²) in [6.45, 7) is 7.65. The van der Waals surface area contributed by atoms with E-state index in [4.69, 9.17) is 0 Å². The van der Waals surface area contributed by atoms with E-state index in [0.29, 0.717) is 6.42 Å². The monoisotopic (exact) mass is 150 g/mol. The van der Waals surface area contributed by atoms with Crippen LogP contribution < -0.4 is 0 Å². The minimum absolute atomic E-state index is 0.0952. The third-order valence-electron chi connectivity index (χ3n) is 1.15. The van der Waals surface area contributed by atoms with E-state index >= 15 is 0 Å². The van der Waals surface area contributed by atoms with Crippen LogP contribution in [0, 0.1) is 0 Å². The molecule has 0 atom stereocenters. The van der Waals surface area contributed by atoms with Crippen molar-refractivity contribution in [3.63, 3.8) is 0 Å². The first-order valence-corrected chi connectivity index (χ1v) is 5.67. The molecule has 0 aliphatic heterocycles. The maximum Gasteiger partial charge on any atom is 0.105 e. The van der Waals surface area contributed by atoms with Crippen LogP contribution in [-0.2, 0) is 0 Å². The molecule has 2 heteroatoms. The fourth-order valence-electron chi connectivity index (χ4n) is 0.489. The number of rotatable bonds is 3. The summed E-state index contributed by atoms with van der Waals surface area (Å²) in [7, 11) is 0.0952. The van der Waals surface area contributed by atoms with Crippen molar-refractivity contribution in [1.82, 2.24) is 0 Å². The Balaban J connectivity index is 3.28. The molecule has 0 saturated carbocycles. The maximum atomic E-state index is 12.8. The van der Waals surface area contributed by atoms with Gasteiger partial charge in [0, 0.05) is 0 Å². The molecular weight excluding hydrogens is 134 g/mol. The van der Waals surface area contributed by atoms with Gasteiger partial charge in [-0.25, -0.2) is 4.39 Å². The van der Waals surface area contributed by atoms with Crippen molar-refractivity contribution in [3.8, 4) is 0 Å². The SMILES string of the molecule is CP(C)CCC(C)(C)F. The molecule has 0 radical (unpaired) electrons. The smallest absolute Gasteiger partial charge is 0.105 e. The van der Waals surface area contributed by atoms with E-state index in [1.54, 1.807) is 13.8 Å². The molecule has 0 unspecified atom stereocenters. The largest absolute Gasteiger partial charge is 0.244 e. The maximum absolute atomic E-state index is 12.8. The second-order valence-electron chi connectivity index (χ2n) is 3.27. The van der Waals surface area contributed by atoms with E-state index in [2.05, 4.69) is 13.3 Å². The summed E-state index contributed by atoms with van der Waals surface area (Å²) in [6, 6.07) is 0. The van der Waals surface area contributed by atoms with Crippen LogP contribution >= 0.6 is 7.92 Å². The van der Waals surface area contributed by atoms with Crippen molar-refractivity contribution in [2.75, 3.05) is 19.5 Å². The minimum Gasteiger partial charge on any atom is -0.244 e. The Morgan fingerprint density at radius 3 is 1.89 bits per heavy atom. The molecule has 0 amide bonds. The Hall–Kier alpha value is 0.360. The van der Waals surface area contributed by atoms with E-state index in [9.17, 15) is 4.39 Å². The van der Waals surface area contributed by atoms with Crippen molar-refractivity contribution in [3.05, 3.63) is 0 Å². The fraction of sp³-hybridized carbons (Fsp3) is 1.00. The Labute approximate surface area is 58.6 Å². The van der Waals surface area contributed by atoms with Crippen molar-refractivity contribution < 1.29 is 4.39 Å². The van der Waals surface area contributed by atoms with Gasteiger partial charge in [0.05, 0.1) is 0 Å². The van der Waals surface area contributed by atoms with Gasteiger partial charge in [-0.05, 0) is 39.8 Å². The second kappa shape index (κ2) is 3.51. The third kappa shape index (κ3) is 8.36. The Bertz CT molecular complexity index is 73.5. The first-order valence-electron chi connectivity index (χ1n) is 3.25. The lowest BCUT2D eigenvalue weighted by atomic mass is 10.1. The van der Waals surface area contributed by atoms with Crippen LogP contribution in [0.3, 0.4) is 0 Å². The Kier molecular flexibility index (Phi) is 3.65. The van der Waals surface area contributed by atoms with Gasteiger partial charge in [-0.1, -0.05) is 0 Å². The summed E-state index contributed by atoms with van der Waals surface area (Å²) < 4.78 is 12.8. The zero-order chi connectivity index (χ0) is 7.49. The molecule has 0 aromatic carbocycles. The normalized spacial score (nSPS) is 12.7. The average Bonchev–Trinajstić information content (AvgIpc) is 1.59. The zero-order valence-corrected chi connectivity index (χ0v) is 7.63. The molecule has 0 aliphatic carbocycles. The molecule has 56 valence electrons. The van der Waals surface area contributed by atoms with Gasteiger partial charge in [0.1, 0.15) is 5.67 Å². The van der Waals surface area contributed by atoms with Gasteiger partial charge in [0.2, 0.25) is 0 Å². The first-order chi connectivity index (χ1) is 3.92. The number of hydrogen-bond acceptors (Lipinski definition) is 0. The van der Waals surface area contributed by atoms with Crippen LogP contribution in [0.2, 0.25) is 0 Å². The Morgan fingerprint density at radius 1 is 1.33 bits per heavy atom. The van der Waals surface area contributed by atoms with Gasteiger partial charge in [-0.3, -0.25) is 0 Å². The number of halogens is 1. The van der Waals surface area contributed by atoms with Crippen molar-refractivity contribution >= 4 is 7.92 Å². The fourth-order valence-corrected chi connectivity index (χ4v) is 1.47. The second-order valence-corrected chi connectivity index (χ2v) is 5.88. The number of hydrogen-bond donors (Lipinski definition) is 0. The molecule has 0 N–H and O–H groups in total. The van der Waals surface area contributed by atoms with Gasteiger partial charge < -0.3 is 0 Å². The molecule has 0 rings (SSSR count). The van der Waals surface area contributed by atoms with Crippen LogP contribution in [0.5, 0.6) is 0 Å². The summed E-state index contributed by atoms with van der Waals surface area (Å²) in [5.41, 5.74) is -0.952.